The van der Waals surface area contributed by atoms with Gasteiger partial charge in [-0.25, -0.2) is 17.9 Å². The van der Waals surface area contributed by atoms with Crippen LogP contribution in [0.5, 0.6) is 0 Å². The van der Waals surface area contributed by atoms with Crippen molar-refractivity contribution in [2.45, 2.75) is 17.9 Å². The summed E-state index contributed by atoms with van der Waals surface area (Å²) in [5.74, 6) is -1.04. The van der Waals surface area contributed by atoms with Crippen LogP contribution in [0.25, 0.3) is 0 Å². The van der Waals surface area contributed by atoms with Crippen molar-refractivity contribution in [3.63, 3.8) is 0 Å². The first-order chi connectivity index (χ1) is 10.7. The molecule has 1 atom stereocenters. The topological polar surface area (TPSA) is 92.8 Å². The molecule has 0 aliphatic heterocycles. The van der Waals surface area contributed by atoms with Gasteiger partial charge in [0, 0.05) is 20.6 Å². The lowest BCUT2D eigenvalue weighted by molar-refractivity contribution is -0.137. The van der Waals surface area contributed by atoms with Crippen LogP contribution < -0.4 is 4.72 Å². The number of hydrogen-bond acceptors (Lipinski definition) is 5. The molecule has 0 spiro atoms. The van der Waals surface area contributed by atoms with Crippen LogP contribution in [0.15, 0.2) is 41.8 Å². The number of carbonyl (C=O) groups is 2. The van der Waals surface area contributed by atoms with E-state index in [2.05, 4.69) is 11.3 Å². The molecule has 23 heavy (non-hydrogen) atoms. The van der Waals surface area contributed by atoms with E-state index in [1.54, 1.807) is 14.1 Å². The number of sulfonamides is 1. The van der Waals surface area contributed by atoms with E-state index in [9.17, 15) is 18.0 Å². The van der Waals surface area contributed by atoms with Gasteiger partial charge in [-0.15, -0.1) is 6.58 Å². The molecule has 1 N–H and O–H groups in total. The second kappa shape index (κ2) is 7.89. The van der Waals surface area contributed by atoms with E-state index in [4.69, 9.17) is 4.74 Å². The molecular weight excluding hydrogens is 320 g/mol. The zero-order valence-corrected chi connectivity index (χ0v) is 14.1. The number of nitrogens with one attached hydrogen (secondary N) is 1. The van der Waals surface area contributed by atoms with Crippen molar-refractivity contribution in [2.24, 2.45) is 0 Å². The molecule has 126 valence electrons. The van der Waals surface area contributed by atoms with Gasteiger partial charge < -0.3 is 9.64 Å². The van der Waals surface area contributed by atoms with E-state index >= 15 is 0 Å². The summed E-state index contributed by atoms with van der Waals surface area (Å²) in [6.07, 6.45) is 0.502. The van der Waals surface area contributed by atoms with Crippen LogP contribution in [0.4, 0.5) is 0 Å². The Morgan fingerprint density at radius 1 is 1.30 bits per heavy atom. The van der Waals surface area contributed by atoms with E-state index in [1.165, 1.54) is 42.2 Å². The summed E-state index contributed by atoms with van der Waals surface area (Å²) in [6, 6.07) is 5.25. The van der Waals surface area contributed by atoms with Gasteiger partial charge in [0.25, 0.3) is 5.91 Å². The lowest BCUT2D eigenvalue weighted by Gasteiger charge is -2.17. The number of nitrogens with zero attached hydrogens (tertiary/aromatic N) is 1. The molecule has 1 rings (SSSR count). The first-order valence-corrected chi connectivity index (χ1v) is 8.30. The molecule has 0 aliphatic carbocycles. The number of hydrogen-bond donors (Lipinski definition) is 1. The molecule has 0 heterocycles. The molecule has 1 aromatic carbocycles. The van der Waals surface area contributed by atoms with Crippen molar-refractivity contribution in [1.29, 1.82) is 0 Å². The van der Waals surface area contributed by atoms with E-state index in [0.29, 0.717) is 0 Å². The minimum atomic E-state index is -3.65. The fourth-order valence-electron chi connectivity index (χ4n) is 1.66. The quantitative estimate of drug-likeness (QED) is 0.585. The Morgan fingerprint density at radius 3 is 2.35 bits per heavy atom. The molecule has 0 saturated heterocycles. The summed E-state index contributed by atoms with van der Waals surface area (Å²) in [5, 5.41) is 0. The minimum Gasteiger partial charge on any atom is -0.449 e. The highest BCUT2D eigenvalue weighted by atomic mass is 32.2. The minimum absolute atomic E-state index is 0.0216. The molecule has 0 aliphatic rings. The smallest absolute Gasteiger partial charge is 0.338 e. The Balaban J connectivity index is 2.82. The second-order valence-corrected chi connectivity index (χ2v) is 6.71. The average Bonchev–Trinajstić information content (AvgIpc) is 2.52. The number of amides is 1. The lowest BCUT2D eigenvalue weighted by atomic mass is 10.2. The zero-order valence-electron chi connectivity index (χ0n) is 13.3. The van der Waals surface area contributed by atoms with Crippen LogP contribution in [0.2, 0.25) is 0 Å². The van der Waals surface area contributed by atoms with Crippen LogP contribution in [-0.2, 0) is 19.6 Å². The van der Waals surface area contributed by atoms with Gasteiger partial charge in [-0.05, 0) is 31.2 Å². The van der Waals surface area contributed by atoms with Gasteiger partial charge in [-0.1, -0.05) is 6.08 Å². The van der Waals surface area contributed by atoms with E-state index < -0.39 is 22.1 Å². The molecule has 8 heteroatoms. The average molecular weight is 340 g/mol. The van der Waals surface area contributed by atoms with Gasteiger partial charge in [0.05, 0.1) is 10.5 Å². The Morgan fingerprint density at radius 2 is 1.87 bits per heavy atom. The van der Waals surface area contributed by atoms with Gasteiger partial charge in [-0.3, -0.25) is 4.79 Å². The maximum Gasteiger partial charge on any atom is 0.338 e. The molecule has 1 amide bonds. The summed E-state index contributed by atoms with van der Waals surface area (Å²) in [4.78, 5) is 24.9. The molecule has 0 saturated carbocycles. The number of carbonyl (C=O) groups excluding carboxylic acids is 2. The summed E-state index contributed by atoms with van der Waals surface area (Å²) < 4.78 is 31.1. The first kappa shape index (κ1) is 18.9. The fraction of sp³-hybridized carbons (Fsp3) is 0.333. The zero-order chi connectivity index (χ0) is 17.6. The van der Waals surface area contributed by atoms with Crippen molar-refractivity contribution < 1.29 is 22.7 Å². The third kappa shape index (κ3) is 5.19. The third-order valence-corrected chi connectivity index (χ3v) is 4.33. The monoisotopic (exact) mass is 340 g/mol. The van der Waals surface area contributed by atoms with Crippen molar-refractivity contribution in [2.75, 3.05) is 20.6 Å². The number of esters is 1. The maximum atomic E-state index is 11.9. The van der Waals surface area contributed by atoms with Crippen LogP contribution >= 0.6 is 0 Å². The van der Waals surface area contributed by atoms with Gasteiger partial charge in [0.2, 0.25) is 10.0 Å². The van der Waals surface area contributed by atoms with Gasteiger partial charge in [0.1, 0.15) is 0 Å². The molecule has 0 radical (unpaired) electrons. The molecule has 0 unspecified atom stereocenters. The standard InChI is InChI=1S/C15H20N2O5S/c1-5-10-16-23(20,21)13-8-6-12(7-9-13)15(19)22-11(2)14(18)17(3)4/h5-9,11,16H,1,10H2,2-4H3/t11-/m0/s1. The molecule has 1 aromatic rings. The Hall–Kier alpha value is -2.19. The Labute approximate surface area is 136 Å². The summed E-state index contributed by atoms with van der Waals surface area (Å²) in [7, 11) is -0.531. The molecule has 0 aromatic heterocycles. The Kier molecular flexibility index (Phi) is 6.47. The third-order valence-electron chi connectivity index (χ3n) is 2.89. The lowest BCUT2D eigenvalue weighted by Crippen LogP contribution is -2.34. The van der Waals surface area contributed by atoms with E-state index in [-0.39, 0.29) is 22.9 Å². The largest absolute Gasteiger partial charge is 0.449 e. The number of likely N-dealkylation sites (N-methyl/N-ethyl adjacent to an activating group) is 1. The highest BCUT2D eigenvalue weighted by Gasteiger charge is 2.21. The number of ether oxygens (including phenoxy) is 1. The van der Waals surface area contributed by atoms with Crippen LogP contribution in [0.1, 0.15) is 17.3 Å². The molecular formula is C15H20N2O5S. The van der Waals surface area contributed by atoms with E-state index in [0.717, 1.165) is 0 Å². The molecule has 0 bridgehead atoms. The summed E-state index contributed by atoms with van der Waals surface area (Å²) >= 11 is 0. The highest BCUT2D eigenvalue weighted by molar-refractivity contribution is 7.89. The van der Waals surface area contributed by atoms with Crippen molar-refractivity contribution in [3.8, 4) is 0 Å². The van der Waals surface area contributed by atoms with Crippen LogP contribution in [0, 0.1) is 0 Å². The highest BCUT2D eigenvalue weighted by Crippen LogP contribution is 2.12. The SMILES string of the molecule is C=CCNS(=O)(=O)c1ccc(C(=O)O[C@@H](C)C(=O)N(C)C)cc1. The van der Waals surface area contributed by atoms with Gasteiger partial charge in [0.15, 0.2) is 6.10 Å². The van der Waals surface area contributed by atoms with Gasteiger partial charge in [-0.2, -0.15) is 0 Å². The van der Waals surface area contributed by atoms with E-state index in [1.807, 2.05) is 0 Å². The van der Waals surface area contributed by atoms with Crippen molar-refractivity contribution >= 4 is 21.9 Å². The summed E-state index contributed by atoms with van der Waals surface area (Å²) in [5.41, 5.74) is 0.158. The molecule has 7 nitrogen and oxygen atoms in total. The number of benzene rings is 1. The predicted octanol–water partition coefficient (Wildman–Crippen LogP) is 0.784. The van der Waals surface area contributed by atoms with Crippen molar-refractivity contribution in [3.05, 3.63) is 42.5 Å². The Bertz CT molecular complexity index is 680. The van der Waals surface area contributed by atoms with Crippen LogP contribution in [-0.4, -0.2) is 51.9 Å². The normalized spacial score (nSPS) is 12.3. The van der Waals surface area contributed by atoms with Gasteiger partial charge >= 0.3 is 5.97 Å². The molecule has 0 fully saturated rings. The summed E-state index contributed by atoms with van der Waals surface area (Å²) in [6.45, 7) is 5.01. The number of rotatable bonds is 7. The second-order valence-electron chi connectivity index (χ2n) is 4.95. The van der Waals surface area contributed by atoms with Crippen LogP contribution in [0.3, 0.4) is 0 Å². The maximum absolute atomic E-state index is 11.9. The van der Waals surface area contributed by atoms with Crippen molar-refractivity contribution in [1.82, 2.24) is 9.62 Å². The first-order valence-electron chi connectivity index (χ1n) is 6.82. The predicted molar refractivity (Wildman–Crippen MR) is 85.4 cm³/mol. The fourth-order valence-corrected chi connectivity index (χ4v) is 2.66.